The molecule has 7 heteroatoms. The molecular weight excluding hydrogens is 276 g/mol. The minimum absolute atomic E-state index is 0.0448. The lowest BCUT2D eigenvalue weighted by Gasteiger charge is -2.20. The molecule has 3 heterocycles. The third kappa shape index (κ3) is 2.36. The van der Waals surface area contributed by atoms with Crippen molar-refractivity contribution in [1.82, 2.24) is 9.38 Å². The van der Waals surface area contributed by atoms with Crippen LogP contribution in [0.2, 0.25) is 0 Å². The zero-order chi connectivity index (χ0) is 15.0. The summed E-state index contributed by atoms with van der Waals surface area (Å²) in [5, 5.41) is 18.3. The number of hydrogen-bond donors (Lipinski definition) is 2. The lowest BCUT2D eigenvalue weighted by molar-refractivity contribution is 0.0681. The highest BCUT2D eigenvalue weighted by Crippen LogP contribution is 2.28. The summed E-state index contributed by atoms with van der Waals surface area (Å²) in [5.74, 6) is -1.48. The van der Waals surface area contributed by atoms with Gasteiger partial charge in [-0.05, 0) is 25.0 Å². The Morgan fingerprint density at radius 3 is 2.57 bits per heavy atom. The maximum Gasteiger partial charge on any atom is 0.356 e. The molecule has 0 spiro atoms. The van der Waals surface area contributed by atoms with Gasteiger partial charge in [-0.15, -0.1) is 0 Å². The second-order valence-electron chi connectivity index (χ2n) is 4.99. The van der Waals surface area contributed by atoms with Gasteiger partial charge in [0.15, 0.2) is 5.69 Å². The van der Waals surface area contributed by atoms with Crippen LogP contribution < -0.4 is 0 Å². The number of nitrogens with zero attached hydrogens (tertiary/aromatic N) is 2. The van der Waals surface area contributed by atoms with Crippen LogP contribution in [-0.4, -0.2) is 44.8 Å². The summed E-state index contributed by atoms with van der Waals surface area (Å²) in [4.78, 5) is 26.6. The molecule has 0 atom stereocenters. The molecule has 21 heavy (non-hydrogen) atoms. The number of fused-ring (bicyclic) bond motifs is 1. The first-order chi connectivity index (χ1) is 10.1. The van der Waals surface area contributed by atoms with E-state index in [1.165, 1.54) is 12.1 Å². The Kier molecular flexibility index (Phi) is 3.34. The number of hydrogen-bond acceptors (Lipinski definition) is 4. The van der Waals surface area contributed by atoms with Gasteiger partial charge in [0.25, 0.3) is 0 Å². The van der Waals surface area contributed by atoms with E-state index in [-0.39, 0.29) is 17.2 Å². The number of imidazole rings is 1. The van der Waals surface area contributed by atoms with Crippen LogP contribution in [0.15, 0.2) is 18.3 Å². The van der Waals surface area contributed by atoms with E-state index in [1.54, 1.807) is 10.6 Å². The number of ether oxygens (including phenoxy) is 1. The fourth-order valence-electron chi connectivity index (χ4n) is 2.64. The second kappa shape index (κ2) is 5.17. The molecule has 7 nitrogen and oxygen atoms in total. The predicted octanol–water partition coefficient (Wildman–Crippen LogP) is 1.62. The lowest BCUT2D eigenvalue weighted by atomic mass is 9.99. The number of carbonyl (C=O) groups is 2. The number of aromatic carboxylic acids is 2. The van der Waals surface area contributed by atoms with Gasteiger partial charge in [0.1, 0.15) is 5.82 Å². The average Bonchev–Trinajstić information content (AvgIpc) is 2.87. The van der Waals surface area contributed by atoms with Crippen molar-refractivity contribution in [2.24, 2.45) is 0 Å². The molecule has 0 bridgehead atoms. The molecule has 3 rings (SSSR count). The molecule has 0 saturated carbocycles. The summed E-state index contributed by atoms with van der Waals surface area (Å²) in [6, 6.07) is 2.80. The van der Waals surface area contributed by atoms with Crippen LogP contribution in [0.4, 0.5) is 0 Å². The Hall–Kier alpha value is -2.41. The Morgan fingerprint density at radius 2 is 1.95 bits per heavy atom. The smallest absolute Gasteiger partial charge is 0.356 e. The van der Waals surface area contributed by atoms with Crippen molar-refractivity contribution in [3.8, 4) is 0 Å². The summed E-state index contributed by atoms with van der Waals surface area (Å²) in [6.07, 6.45) is 3.13. The van der Waals surface area contributed by atoms with Crippen molar-refractivity contribution in [2.45, 2.75) is 18.8 Å². The molecule has 0 amide bonds. The van der Waals surface area contributed by atoms with Gasteiger partial charge in [0.05, 0.1) is 11.1 Å². The highest BCUT2D eigenvalue weighted by atomic mass is 16.5. The fourth-order valence-corrected chi connectivity index (χ4v) is 2.64. The normalized spacial score (nSPS) is 16.2. The van der Waals surface area contributed by atoms with Gasteiger partial charge in [-0.1, -0.05) is 0 Å². The van der Waals surface area contributed by atoms with E-state index in [1.807, 2.05) is 0 Å². The molecule has 2 aromatic rings. The number of pyridine rings is 1. The summed E-state index contributed by atoms with van der Waals surface area (Å²) >= 11 is 0. The van der Waals surface area contributed by atoms with Gasteiger partial charge in [-0.3, -0.25) is 0 Å². The van der Waals surface area contributed by atoms with E-state index in [2.05, 4.69) is 4.98 Å². The topological polar surface area (TPSA) is 101 Å². The van der Waals surface area contributed by atoms with Crippen molar-refractivity contribution >= 4 is 17.5 Å². The van der Waals surface area contributed by atoms with Crippen LogP contribution in [0.5, 0.6) is 0 Å². The van der Waals surface area contributed by atoms with Crippen molar-refractivity contribution in [3.63, 3.8) is 0 Å². The molecule has 1 fully saturated rings. The quantitative estimate of drug-likeness (QED) is 0.890. The molecule has 1 aliphatic heterocycles. The fraction of sp³-hybridized carbons (Fsp3) is 0.357. The minimum atomic E-state index is -1.16. The first kappa shape index (κ1) is 13.6. The van der Waals surface area contributed by atoms with Crippen LogP contribution in [0.1, 0.15) is 45.4 Å². The minimum Gasteiger partial charge on any atom is -0.478 e. The number of aromatic nitrogens is 2. The van der Waals surface area contributed by atoms with Crippen molar-refractivity contribution in [2.75, 3.05) is 13.2 Å². The SMILES string of the molecule is O=C(O)c1ccn2c(C3CCOCC3)nc(C(=O)O)c2c1. The number of rotatable bonds is 3. The van der Waals surface area contributed by atoms with Crippen LogP contribution in [0.3, 0.4) is 0 Å². The molecule has 1 saturated heterocycles. The highest BCUT2D eigenvalue weighted by Gasteiger charge is 2.25. The monoisotopic (exact) mass is 290 g/mol. The largest absolute Gasteiger partial charge is 0.478 e. The van der Waals surface area contributed by atoms with Gasteiger partial charge < -0.3 is 19.4 Å². The summed E-state index contributed by atoms with van der Waals surface area (Å²) < 4.78 is 6.98. The molecule has 0 aromatic carbocycles. The first-order valence-corrected chi connectivity index (χ1v) is 6.64. The summed E-state index contributed by atoms with van der Waals surface area (Å²) in [7, 11) is 0. The number of carboxylic acid groups (broad SMARTS) is 2. The van der Waals surface area contributed by atoms with E-state index in [0.29, 0.717) is 24.6 Å². The second-order valence-corrected chi connectivity index (χ2v) is 4.99. The van der Waals surface area contributed by atoms with Gasteiger partial charge in [0, 0.05) is 25.3 Å². The molecule has 2 N–H and O–H groups in total. The third-order valence-electron chi connectivity index (χ3n) is 3.71. The number of carboxylic acids is 2. The third-order valence-corrected chi connectivity index (χ3v) is 3.71. The Morgan fingerprint density at radius 1 is 1.24 bits per heavy atom. The predicted molar refractivity (Wildman–Crippen MR) is 71.9 cm³/mol. The van der Waals surface area contributed by atoms with Crippen LogP contribution in [-0.2, 0) is 4.74 Å². The lowest BCUT2D eigenvalue weighted by Crippen LogP contribution is -2.16. The average molecular weight is 290 g/mol. The Bertz CT molecular complexity index is 715. The maximum absolute atomic E-state index is 11.3. The van der Waals surface area contributed by atoms with E-state index in [0.717, 1.165) is 12.8 Å². The van der Waals surface area contributed by atoms with Gasteiger partial charge in [-0.2, -0.15) is 0 Å². The van der Waals surface area contributed by atoms with Gasteiger partial charge >= 0.3 is 11.9 Å². The standard InChI is InChI=1S/C14H14N2O5/c17-13(18)9-1-4-16-10(7-9)11(14(19)20)15-12(16)8-2-5-21-6-3-8/h1,4,7-8H,2-3,5-6H2,(H,17,18)(H,19,20). The molecule has 0 aliphatic carbocycles. The molecule has 2 aromatic heterocycles. The zero-order valence-electron chi connectivity index (χ0n) is 11.2. The first-order valence-electron chi connectivity index (χ1n) is 6.64. The van der Waals surface area contributed by atoms with Gasteiger partial charge in [0.2, 0.25) is 0 Å². The van der Waals surface area contributed by atoms with Crippen LogP contribution in [0, 0.1) is 0 Å². The van der Waals surface area contributed by atoms with Crippen LogP contribution >= 0.6 is 0 Å². The van der Waals surface area contributed by atoms with E-state index in [9.17, 15) is 14.7 Å². The zero-order valence-corrected chi connectivity index (χ0v) is 11.2. The van der Waals surface area contributed by atoms with E-state index in [4.69, 9.17) is 9.84 Å². The summed E-state index contributed by atoms with van der Waals surface area (Å²) in [6.45, 7) is 1.24. The van der Waals surface area contributed by atoms with E-state index >= 15 is 0 Å². The van der Waals surface area contributed by atoms with Crippen molar-refractivity contribution in [1.29, 1.82) is 0 Å². The highest BCUT2D eigenvalue weighted by molar-refractivity contribution is 5.96. The molecule has 0 unspecified atom stereocenters. The molecule has 1 aliphatic rings. The van der Waals surface area contributed by atoms with Crippen molar-refractivity contribution in [3.05, 3.63) is 35.4 Å². The summed E-state index contributed by atoms with van der Waals surface area (Å²) in [5.41, 5.74) is 0.243. The van der Waals surface area contributed by atoms with Crippen LogP contribution in [0.25, 0.3) is 5.52 Å². The Labute approximate surface area is 119 Å². The molecule has 0 radical (unpaired) electrons. The van der Waals surface area contributed by atoms with E-state index < -0.39 is 11.9 Å². The maximum atomic E-state index is 11.3. The Balaban J connectivity index is 2.17. The van der Waals surface area contributed by atoms with Crippen molar-refractivity contribution < 1.29 is 24.5 Å². The van der Waals surface area contributed by atoms with Gasteiger partial charge in [-0.25, -0.2) is 14.6 Å². The molecule has 110 valence electrons. The molecular formula is C14H14N2O5.